The summed E-state index contributed by atoms with van der Waals surface area (Å²) in [6.45, 7) is 3.62. The van der Waals surface area contributed by atoms with Gasteiger partial charge in [0.1, 0.15) is 5.82 Å². The Morgan fingerprint density at radius 1 is 1.45 bits per heavy atom. The second kappa shape index (κ2) is 6.70. The van der Waals surface area contributed by atoms with Gasteiger partial charge in [-0.2, -0.15) is 0 Å². The number of nitrogens with one attached hydrogen (secondary N) is 2. The summed E-state index contributed by atoms with van der Waals surface area (Å²) < 4.78 is 0. The molecule has 1 aromatic rings. The van der Waals surface area contributed by atoms with Gasteiger partial charge in [0.05, 0.1) is 0 Å². The van der Waals surface area contributed by atoms with Gasteiger partial charge in [0, 0.05) is 37.4 Å². The highest BCUT2D eigenvalue weighted by Crippen LogP contribution is 2.24. The van der Waals surface area contributed by atoms with E-state index in [2.05, 4.69) is 27.6 Å². The molecule has 0 saturated heterocycles. The second-order valence-electron chi connectivity index (χ2n) is 5.30. The summed E-state index contributed by atoms with van der Waals surface area (Å²) in [5.74, 6) is 0.715. The quantitative estimate of drug-likeness (QED) is 0.792. The number of pyridine rings is 1. The first-order chi connectivity index (χ1) is 9.63. The normalized spacial score (nSPS) is 14.4. The number of amides is 1. The second-order valence-corrected chi connectivity index (χ2v) is 5.30. The Morgan fingerprint density at radius 2 is 2.20 bits per heavy atom. The number of aryl methyl sites for hydroxylation is 1. The summed E-state index contributed by atoms with van der Waals surface area (Å²) in [5, 5.41) is 5.97. The number of hydrogen-bond donors (Lipinski definition) is 2. The van der Waals surface area contributed by atoms with Crippen molar-refractivity contribution in [1.82, 2.24) is 15.2 Å². The topological polar surface area (TPSA) is 57.3 Å². The number of likely N-dealkylation sites (N-methyl/N-ethyl adjacent to an activating group) is 1. The Balaban J connectivity index is 1.90. The standard InChI is InChI=1S/C15H24N4O/c1-4-12-9-11(10-14(16-2)18-12)15(20)17-7-8-19(3)13-5-6-13/h9-10,13H,4-8H2,1-3H3,(H,16,18)(H,17,20). The van der Waals surface area contributed by atoms with Crippen LogP contribution in [0.15, 0.2) is 12.1 Å². The third-order valence-corrected chi connectivity index (χ3v) is 3.68. The van der Waals surface area contributed by atoms with Crippen LogP contribution in [0, 0.1) is 0 Å². The molecule has 20 heavy (non-hydrogen) atoms. The highest BCUT2D eigenvalue weighted by Gasteiger charge is 2.25. The van der Waals surface area contributed by atoms with Gasteiger partial charge < -0.3 is 15.5 Å². The van der Waals surface area contributed by atoms with Crippen LogP contribution in [-0.4, -0.2) is 49.0 Å². The van der Waals surface area contributed by atoms with Crippen LogP contribution in [0.5, 0.6) is 0 Å². The number of rotatable bonds is 7. The molecule has 1 saturated carbocycles. The number of nitrogens with zero attached hydrogens (tertiary/aromatic N) is 2. The van der Waals surface area contributed by atoms with Crippen LogP contribution in [0.25, 0.3) is 0 Å². The third-order valence-electron chi connectivity index (χ3n) is 3.68. The molecule has 0 unspecified atom stereocenters. The van der Waals surface area contributed by atoms with E-state index in [4.69, 9.17) is 0 Å². The van der Waals surface area contributed by atoms with E-state index in [0.717, 1.165) is 30.5 Å². The molecule has 0 aromatic carbocycles. The van der Waals surface area contributed by atoms with Gasteiger partial charge in [-0.25, -0.2) is 4.98 Å². The lowest BCUT2D eigenvalue weighted by molar-refractivity contribution is 0.0949. The van der Waals surface area contributed by atoms with Crippen LogP contribution < -0.4 is 10.6 Å². The van der Waals surface area contributed by atoms with Crippen LogP contribution in [-0.2, 0) is 6.42 Å². The highest BCUT2D eigenvalue weighted by atomic mass is 16.1. The van der Waals surface area contributed by atoms with Crippen molar-refractivity contribution in [2.45, 2.75) is 32.2 Å². The van der Waals surface area contributed by atoms with Crippen LogP contribution in [0.2, 0.25) is 0 Å². The van der Waals surface area contributed by atoms with Crippen molar-refractivity contribution < 1.29 is 4.79 Å². The zero-order chi connectivity index (χ0) is 14.5. The average Bonchev–Trinajstić information content (AvgIpc) is 3.31. The van der Waals surface area contributed by atoms with Gasteiger partial charge in [0.2, 0.25) is 0 Å². The number of anilines is 1. The smallest absolute Gasteiger partial charge is 0.251 e. The summed E-state index contributed by atoms with van der Waals surface area (Å²) in [7, 11) is 3.93. The first kappa shape index (κ1) is 14.8. The fourth-order valence-electron chi connectivity index (χ4n) is 2.17. The summed E-state index contributed by atoms with van der Waals surface area (Å²) in [6.07, 6.45) is 3.40. The predicted octanol–water partition coefficient (Wildman–Crippen LogP) is 1.51. The average molecular weight is 276 g/mol. The van der Waals surface area contributed by atoms with E-state index in [-0.39, 0.29) is 5.91 Å². The molecule has 0 radical (unpaired) electrons. The molecule has 0 bridgehead atoms. The van der Waals surface area contributed by atoms with Crippen molar-refractivity contribution in [3.8, 4) is 0 Å². The van der Waals surface area contributed by atoms with Crippen LogP contribution in [0.4, 0.5) is 5.82 Å². The van der Waals surface area contributed by atoms with Crippen LogP contribution >= 0.6 is 0 Å². The van der Waals surface area contributed by atoms with E-state index < -0.39 is 0 Å². The Kier molecular flexibility index (Phi) is 4.95. The molecule has 0 aliphatic heterocycles. The van der Waals surface area contributed by atoms with Crippen molar-refractivity contribution in [3.63, 3.8) is 0 Å². The highest BCUT2D eigenvalue weighted by molar-refractivity contribution is 5.95. The maximum atomic E-state index is 12.2. The summed E-state index contributed by atoms with van der Waals surface area (Å²) >= 11 is 0. The van der Waals surface area contributed by atoms with Gasteiger partial charge >= 0.3 is 0 Å². The monoisotopic (exact) mass is 276 g/mol. The number of hydrogen-bond acceptors (Lipinski definition) is 4. The Bertz CT molecular complexity index is 449. The lowest BCUT2D eigenvalue weighted by Gasteiger charge is -2.16. The van der Waals surface area contributed by atoms with E-state index >= 15 is 0 Å². The molecular formula is C15H24N4O. The Hall–Kier alpha value is -1.62. The molecule has 1 aliphatic rings. The molecular weight excluding hydrogens is 252 g/mol. The molecule has 1 aromatic heterocycles. The van der Waals surface area contributed by atoms with Gasteiger partial charge in [0.25, 0.3) is 5.91 Å². The molecule has 2 rings (SSSR count). The predicted molar refractivity (Wildman–Crippen MR) is 81.1 cm³/mol. The van der Waals surface area contributed by atoms with Gasteiger partial charge in [-0.1, -0.05) is 6.92 Å². The molecule has 1 amide bonds. The van der Waals surface area contributed by atoms with E-state index in [9.17, 15) is 4.79 Å². The zero-order valence-electron chi connectivity index (χ0n) is 12.6. The first-order valence-electron chi connectivity index (χ1n) is 7.31. The van der Waals surface area contributed by atoms with Crippen LogP contribution in [0.3, 0.4) is 0 Å². The lowest BCUT2D eigenvalue weighted by atomic mass is 10.2. The minimum Gasteiger partial charge on any atom is -0.373 e. The number of carbonyl (C=O) groups is 1. The zero-order valence-corrected chi connectivity index (χ0v) is 12.6. The minimum absolute atomic E-state index is 0.0252. The van der Waals surface area contributed by atoms with Crippen molar-refractivity contribution in [1.29, 1.82) is 0 Å². The molecule has 0 spiro atoms. The minimum atomic E-state index is -0.0252. The lowest BCUT2D eigenvalue weighted by Crippen LogP contribution is -2.34. The molecule has 110 valence electrons. The maximum absolute atomic E-state index is 12.2. The largest absolute Gasteiger partial charge is 0.373 e. The molecule has 5 nitrogen and oxygen atoms in total. The Morgan fingerprint density at radius 3 is 2.80 bits per heavy atom. The maximum Gasteiger partial charge on any atom is 0.251 e. The van der Waals surface area contributed by atoms with Crippen molar-refractivity contribution in [2.24, 2.45) is 0 Å². The van der Waals surface area contributed by atoms with Gasteiger partial charge in [-0.3, -0.25) is 4.79 Å². The van der Waals surface area contributed by atoms with E-state index in [0.29, 0.717) is 12.1 Å². The number of aromatic nitrogens is 1. The first-order valence-corrected chi connectivity index (χ1v) is 7.31. The summed E-state index contributed by atoms with van der Waals surface area (Å²) in [6, 6.07) is 4.38. The van der Waals surface area contributed by atoms with E-state index in [1.807, 2.05) is 20.0 Å². The molecule has 0 atom stereocenters. The fraction of sp³-hybridized carbons (Fsp3) is 0.600. The Labute approximate surface area is 120 Å². The van der Waals surface area contributed by atoms with E-state index in [1.54, 1.807) is 6.07 Å². The summed E-state index contributed by atoms with van der Waals surface area (Å²) in [5.41, 5.74) is 1.60. The molecule has 1 heterocycles. The van der Waals surface area contributed by atoms with Gasteiger partial charge in [-0.05, 0) is 38.4 Å². The molecule has 2 N–H and O–H groups in total. The van der Waals surface area contributed by atoms with Crippen molar-refractivity contribution >= 4 is 11.7 Å². The number of carbonyl (C=O) groups excluding carboxylic acids is 1. The van der Waals surface area contributed by atoms with Gasteiger partial charge in [-0.15, -0.1) is 0 Å². The van der Waals surface area contributed by atoms with Crippen LogP contribution in [0.1, 0.15) is 35.8 Å². The van der Waals surface area contributed by atoms with Gasteiger partial charge in [0.15, 0.2) is 0 Å². The fourth-order valence-corrected chi connectivity index (χ4v) is 2.17. The van der Waals surface area contributed by atoms with E-state index in [1.165, 1.54) is 12.8 Å². The molecule has 1 fully saturated rings. The molecule has 1 aliphatic carbocycles. The van der Waals surface area contributed by atoms with Crippen molar-refractivity contribution in [2.75, 3.05) is 32.5 Å². The molecule has 5 heteroatoms. The van der Waals surface area contributed by atoms with Crippen molar-refractivity contribution in [3.05, 3.63) is 23.4 Å². The third kappa shape index (κ3) is 3.93. The SMILES string of the molecule is CCc1cc(C(=O)NCCN(C)C2CC2)cc(NC)n1. The summed E-state index contributed by atoms with van der Waals surface area (Å²) in [4.78, 5) is 18.9.